The maximum absolute atomic E-state index is 12.0. The van der Waals surface area contributed by atoms with Crippen LogP contribution < -0.4 is 10.1 Å². The van der Waals surface area contributed by atoms with Gasteiger partial charge in [-0.05, 0) is 24.3 Å². The molecule has 1 N–H and O–H groups in total. The number of hydrogen-bond donors (Lipinski definition) is 1. The van der Waals surface area contributed by atoms with Gasteiger partial charge in [-0.15, -0.1) is 0 Å². The van der Waals surface area contributed by atoms with Gasteiger partial charge >= 0.3 is 0 Å². The number of nitrogens with one attached hydrogen (secondary N) is 1. The number of benzene rings is 1. The van der Waals surface area contributed by atoms with Gasteiger partial charge in [0.15, 0.2) is 5.76 Å². The van der Waals surface area contributed by atoms with Crippen LogP contribution in [0.3, 0.4) is 0 Å². The summed E-state index contributed by atoms with van der Waals surface area (Å²) >= 11 is 0. The van der Waals surface area contributed by atoms with Crippen molar-refractivity contribution in [3.8, 4) is 17.1 Å². The number of rotatable bonds is 7. The number of amides is 1. The van der Waals surface area contributed by atoms with Crippen LogP contribution in [0.1, 0.15) is 10.6 Å². The monoisotopic (exact) mass is 352 g/mol. The molecule has 7 nitrogen and oxygen atoms in total. The van der Waals surface area contributed by atoms with Crippen molar-refractivity contribution < 1.29 is 22.4 Å². The fourth-order valence-electron chi connectivity index (χ4n) is 1.95. The number of furan rings is 1. The number of carbonyl (C=O) groups is 1. The van der Waals surface area contributed by atoms with E-state index in [0.717, 1.165) is 9.87 Å². The lowest BCUT2D eigenvalue weighted by Crippen LogP contribution is -2.33. The molecule has 24 heavy (non-hydrogen) atoms. The highest BCUT2D eigenvalue weighted by Crippen LogP contribution is 2.25. The minimum Gasteiger partial charge on any atom is -0.497 e. The predicted molar refractivity (Wildman–Crippen MR) is 90.5 cm³/mol. The van der Waals surface area contributed by atoms with Gasteiger partial charge in [0, 0.05) is 26.2 Å². The molecule has 0 fully saturated rings. The fourth-order valence-corrected chi connectivity index (χ4v) is 2.68. The first-order valence-corrected chi connectivity index (χ1v) is 8.87. The van der Waals surface area contributed by atoms with E-state index in [-0.39, 0.29) is 18.1 Å². The zero-order valence-corrected chi connectivity index (χ0v) is 14.6. The zero-order valence-electron chi connectivity index (χ0n) is 13.8. The third kappa shape index (κ3) is 4.36. The Morgan fingerprint density at radius 1 is 1.25 bits per heavy atom. The van der Waals surface area contributed by atoms with Gasteiger partial charge in [-0.1, -0.05) is 12.1 Å². The van der Waals surface area contributed by atoms with Gasteiger partial charge < -0.3 is 14.5 Å². The average molecular weight is 352 g/mol. The van der Waals surface area contributed by atoms with Crippen molar-refractivity contribution in [1.82, 2.24) is 9.62 Å². The Kier molecular flexibility index (Phi) is 5.63. The Balaban J connectivity index is 2.01. The topological polar surface area (TPSA) is 88.8 Å². The van der Waals surface area contributed by atoms with Crippen LogP contribution in [0.25, 0.3) is 11.3 Å². The smallest absolute Gasteiger partial charge is 0.287 e. The molecule has 0 aliphatic heterocycles. The van der Waals surface area contributed by atoms with Gasteiger partial charge in [0.25, 0.3) is 5.91 Å². The van der Waals surface area contributed by atoms with E-state index in [1.54, 1.807) is 25.3 Å². The van der Waals surface area contributed by atoms with Crippen molar-refractivity contribution in [3.63, 3.8) is 0 Å². The van der Waals surface area contributed by atoms with Crippen LogP contribution in [-0.2, 0) is 10.0 Å². The Morgan fingerprint density at radius 2 is 2.00 bits per heavy atom. The second kappa shape index (κ2) is 7.50. The maximum Gasteiger partial charge on any atom is 0.287 e. The first kappa shape index (κ1) is 18.0. The van der Waals surface area contributed by atoms with Crippen molar-refractivity contribution in [2.24, 2.45) is 0 Å². The summed E-state index contributed by atoms with van der Waals surface area (Å²) in [6, 6.07) is 10.5. The van der Waals surface area contributed by atoms with Crippen LogP contribution in [0.4, 0.5) is 0 Å². The molecule has 1 aromatic carbocycles. The largest absolute Gasteiger partial charge is 0.497 e. The number of methoxy groups -OCH3 is 1. The normalized spacial score (nSPS) is 11.5. The minimum atomic E-state index is -3.35. The summed E-state index contributed by atoms with van der Waals surface area (Å²) in [5.74, 6) is 0.701. The van der Waals surface area contributed by atoms with Crippen molar-refractivity contribution in [2.45, 2.75) is 0 Å². The predicted octanol–water partition coefficient (Wildman–Crippen LogP) is 1.58. The van der Waals surface area contributed by atoms with E-state index in [4.69, 9.17) is 9.15 Å². The number of hydrogen-bond acceptors (Lipinski definition) is 5. The Labute approximate surface area is 141 Å². The SMILES string of the molecule is COc1cccc(-c2ccc(C(=O)NCCS(=O)(=O)N(C)C)o2)c1. The highest BCUT2D eigenvalue weighted by Gasteiger charge is 2.16. The standard InChI is InChI=1S/C16H20N2O5S/c1-18(2)24(20,21)10-9-17-16(19)15-8-7-14(23-15)12-5-4-6-13(11-12)22-3/h4-8,11H,9-10H2,1-3H3,(H,17,19). The van der Waals surface area contributed by atoms with Gasteiger partial charge in [-0.2, -0.15) is 0 Å². The average Bonchev–Trinajstić information content (AvgIpc) is 3.04. The van der Waals surface area contributed by atoms with Gasteiger partial charge in [-0.25, -0.2) is 12.7 Å². The molecule has 0 aliphatic rings. The first-order chi connectivity index (χ1) is 11.3. The minimum absolute atomic E-state index is 0.00847. The van der Waals surface area contributed by atoms with E-state index in [1.807, 2.05) is 18.2 Å². The van der Waals surface area contributed by atoms with E-state index in [9.17, 15) is 13.2 Å². The second-order valence-corrected chi connectivity index (χ2v) is 7.55. The molecule has 0 aliphatic carbocycles. The number of ether oxygens (including phenoxy) is 1. The molecule has 0 bridgehead atoms. The Bertz CT molecular complexity index is 811. The molecule has 0 radical (unpaired) electrons. The van der Waals surface area contributed by atoms with E-state index < -0.39 is 15.9 Å². The van der Waals surface area contributed by atoms with Crippen LogP contribution in [0.15, 0.2) is 40.8 Å². The molecule has 0 unspecified atom stereocenters. The van der Waals surface area contributed by atoms with E-state index in [1.165, 1.54) is 14.1 Å². The van der Waals surface area contributed by atoms with Gasteiger partial charge in [0.2, 0.25) is 10.0 Å². The highest BCUT2D eigenvalue weighted by atomic mass is 32.2. The van der Waals surface area contributed by atoms with Crippen LogP contribution in [0.5, 0.6) is 5.75 Å². The van der Waals surface area contributed by atoms with Crippen LogP contribution >= 0.6 is 0 Å². The summed E-state index contributed by atoms with van der Waals surface area (Å²) < 4.78 is 35.1. The maximum atomic E-state index is 12.0. The Hall–Kier alpha value is -2.32. The first-order valence-electron chi connectivity index (χ1n) is 7.26. The molecule has 0 spiro atoms. The molecule has 130 valence electrons. The van der Waals surface area contributed by atoms with Crippen LogP contribution in [-0.4, -0.2) is 52.1 Å². The van der Waals surface area contributed by atoms with Gasteiger partial charge in [0.1, 0.15) is 11.5 Å². The molecule has 8 heteroatoms. The Morgan fingerprint density at radius 3 is 2.67 bits per heavy atom. The summed E-state index contributed by atoms with van der Waals surface area (Å²) in [5, 5.41) is 2.53. The lowest BCUT2D eigenvalue weighted by molar-refractivity contribution is 0.0929. The zero-order chi connectivity index (χ0) is 17.7. The van der Waals surface area contributed by atoms with E-state index in [2.05, 4.69) is 5.32 Å². The van der Waals surface area contributed by atoms with Crippen molar-refractivity contribution in [1.29, 1.82) is 0 Å². The molecule has 1 amide bonds. The van der Waals surface area contributed by atoms with Crippen LogP contribution in [0, 0.1) is 0 Å². The molecule has 0 atom stereocenters. The quantitative estimate of drug-likeness (QED) is 0.817. The molecule has 2 aromatic rings. The third-order valence-electron chi connectivity index (χ3n) is 3.39. The van der Waals surface area contributed by atoms with E-state index >= 15 is 0 Å². The summed E-state index contributed by atoms with van der Waals surface area (Å²) in [6.07, 6.45) is 0. The van der Waals surface area contributed by atoms with Crippen LogP contribution in [0.2, 0.25) is 0 Å². The lowest BCUT2D eigenvalue weighted by Gasteiger charge is -2.11. The summed E-state index contributed by atoms with van der Waals surface area (Å²) in [4.78, 5) is 12.0. The highest BCUT2D eigenvalue weighted by molar-refractivity contribution is 7.89. The van der Waals surface area contributed by atoms with Crippen molar-refractivity contribution >= 4 is 15.9 Å². The van der Waals surface area contributed by atoms with Crippen molar-refractivity contribution in [3.05, 3.63) is 42.2 Å². The molecule has 1 aromatic heterocycles. The number of sulfonamides is 1. The summed E-state index contributed by atoms with van der Waals surface area (Å²) in [7, 11) is 1.12. The molecule has 0 saturated heterocycles. The lowest BCUT2D eigenvalue weighted by atomic mass is 10.2. The van der Waals surface area contributed by atoms with Gasteiger partial charge in [0.05, 0.1) is 12.9 Å². The van der Waals surface area contributed by atoms with Gasteiger partial charge in [-0.3, -0.25) is 4.79 Å². The summed E-state index contributed by atoms with van der Waals surface area (Å²) in [5.41, 5.74) is 0.781. The molecule has 2 rings (SSSR count). The number of carbonyl (C=O) groups excluding carboxylic acids is 1. The molecule has 1 heterocycles. The molecular weight excluding hydrogens is 332 g/mol. The molecular formula is C16H20N2O5S. The van der Waals surface area contributed by atoms with E-state index in [0.29, 0.717) is 11.5 Å². The number of nitrogens with zero attached hydrogens (tertiary/aromatic N) is 1. The second-order valence-electron chi connectivity index (χ2n) is 5.25. The fraction of sp³-hybridized carbons (Fsp3) is 0.312. The third-order valence-corrected chi connectivity index (χ3v) is 5.22. The molecule has 0 saturated carbocycles. The van der Waals surface area contributed by atoms with Crippen molar-refractivity contribution in [2.75, 3.05) is 33.5 Å². The summed E-state index contributed by atoms with van der Waals surface area (Å²) in [6.45, 7) is 0.00847.